The Morgan fingerprint density at radius 3 is 1.86 bits per heavy atom. The molecule has 0 radical (unpaired) electrons. The van der Waals surface area contributed by atoms with E-state index in [1.165, 1.54) is 11.3 Å². The van der Waals surface area contributed by atoms with Crippen LogP contribution in [0.2, 0.25) is 0 Å². The number of aromatic nitrogens is 1. The van der Waals surface area contributed by atoms with Gasteiger partial charge in [-0.2, -0.15) is 0 Å². The number of carbonyl (C=O) groups is 1. The van der Waals surface area contributed by atoms with E-state index in [4.69, 9.17) is 4.84 Å². The van der Waals surface area contributed by atoms with Crippen molar-refractivity contribution in [1.82, 2.24) is 4.98 Å². The summed E-state index contributed by atoms with van der Waals surface area (Å²) < 4.78 is 11.9. The highest BCUT2D eigenvalue weighted by Gasteiger charge is 2.37. The lowest BCUT2D eigenvalue weighted by Gasteiger charge is -2.36. The zero-order chi connectivity index (χ0) is 26.3. The topological polar surface area (TPSA) is 101 Å². The smallest absolute Gasteiger partial charge is 0.360 e. The van der Waals surface area contributed by atoms with E-state index in [9.17, 15) is 14.5 Å². The molecule has 2 N–H and O–H groups in total. The molecular weight excluding hydrogens is 505 g/mol. The van der Waals surface area contributed by atoms with Crippen LogP contribution in [0.3, 0.4) is 0 Å². The van der Waals surface area contributed by atoms with Crippen molar-refractivity contribution < 1.29 is 19.3 Å². The second kappa shape index (κ2) is 11.5. The van der Waals surface area contributed by atoms with Crippen LogP contribution in [0.25, 0.3) is 0 Å². The largest absolute Gasteiger partial charge is 0.476 e. The molecule has 4 aromatic rings. The molecule has 0 fully saturated rings. The summed E-state index contributed by atoms with van der Waals surface area (Å²) in [6.45, 7) is 3.36. The van der Waals surface area contributed by atoms with Crippen molar-refractivity contribution >= 4 is 35.3 Å². The monoisotopic (exact) mass is 533 g/mol. The molecule has 0 saturated carbocycles. The summed E-state index contributed by atoms with van der Waals surface area (Å²) in [5.74, 6) is -1.26. The fraction of sp³-hybridized carbons (Fsp3) is 0.179. The lowest BCUT2D eigenvalue weighted by Crippen LogP contribution is -2.38. The zero-order valence-electron chi connectivity index (χ0n) is 20.6. The van der Waals surface area contributed by atoms with E-state index in [-0.39, 0.29) is 18.0 Å². The summed E-state index contributed by atoms with van der Waals surface area (Å²) in [5, 5.41) is 19.3. The summed E-state index contributed by atoms with van der Waals surface area (Å²) >= 11 is 1.28. The van der Waals surface area contributed by atoms with E-state index in [1.807, 2.05) is 54.6 Å². The SMILES string of the molecule is CP(C)(=O)CCO/N=C(\C(=O)O)c1csc(NC(c2ccccc2)(c2ccccc2)c2ccccc2)n1. The molecule has 0 amide bonds. The van der Waals surface area contributed by atoms with Gasteiger partial charge in [0.15, 0.2) is 5.13 Å². The molecule has 4 rings (SSSR count). The fourth-order valence-electron chi connectivity index (χ4n) is 3.95. The second-order valence-corrected chi connectivity index (χ2v) is 13.3. The highest BCUT2D eigenvalue weighted by Crippen LogP contribution is 2.40. The Morgan fingerprint density at radius 1 is 0.946 bits per heavy atom. The predicted octanol–water partition coefficient (Wildman–Crippen LogP) is 5.98. The summed E-state index contributed by atoms with van der Waals surface area (Å²) in [6, 6.07) is 30.2. The van der Waals surface area contributed by atoms with Crippen LogP contribution in [0.1, 0.15) is 22.4 Å². The number of nitrogens with one attached hydrogen (secondary N) is 1. The van der Waals surface area contributed by atoms with Gasteiger partial charge < -0.3 is 19.8 Å². The number of carboxylic acids is 1. The molecule has 0 bridgehead atoms. The third kappa shape index (κ3) is 6.34. The molecule has 0 aliphatic heterocycles. The number of anilines is 1. The number of nitrogens with zero attached hydrogens (tertiary/aromatic N) is 2. The maximum Gasteiger partial charge on any atom is 0.360 e. The minimum Gasteiger partial charge on any atom is -0.476 e. The Hall–Kier alpha value is -3.74. The van der Waals surface area contributed by atoms with Gasteiger partial charge in [-0.1, -0.05) is 96.2 Å². The molecule has 0 aliphatic carbocycles. The highest BCUT2D eigenvalue weighted by molar-refractivity contribution is 7.62. The van der Waals surface area contributed by atoms with E-state index in [1.54, 1.807) is 18.7 Å². The lowest BCUT2D eigenvalue weighted by atomic mass is 9.77. The van der Waals surface area contributed by atoms with E-state index < -0.39 is 18.7 Å². The molecular formula is C28H28N3O4PS. The minimum atomic E-state index is -2.29. The summed E-state index contributed by atoms with van der Waals surface area (Å²) in [7, 11) is -2.29. The summed E-state index contributed by atoms with van der Waals surface area (Å²) in [4.78, 5) is 21.7. The van der Waals surface area contributed by atoms with Crippen molar-refractivity contribution in [3.8, 4) is 0 Å². The second-order valence-electron chi connectivity index (χ2n) is 8.89. The molecule has 3 aromatic carbocycles. The van der Waals surface area contributed by atoms with Gasteiger partial charge in [0.25, 0.3) is 0 Å². The molecule has 1 aromatic heterocycles. The number of rotatable bonds is 11. The normalized spacial score (nSPS) is 12.2. The molecule has 9 heteroatoms. The quantitative estimate of drug-likeness (QED) is 0.0809. The first-order chi connectivity index (χ1) is 17.8. The Kier molecular flexibility index (Phi) is 8.21. The van der Waals surface area contributed by atoms with Gasteiger partial charge in [-0.3, -0.25) is 0 Å². The zero-order valence-corrected chi connectivity index (χ0v) is 22.3. The van der Waals surface area contributed by atoms with Crippen LogP contribution in [-0.4, -0.2) is 47.9 Å². The number of hydrogen-bond acceptors (Lipinski definition) is 7. The first-order valence-corrected chi connectivity index (χ1v) is 15.3. The summed E-state index contributed by atoms with van der Waals surface area (Å²) in [6.07, 6.45) is 0.307. The lowest BCUT2D eigenvalue weighted by molar-refractivity contribution is -0.129. The van der Waals surface area contributed by atoms with Crippen molar-refractivity contribution in [3.63, 3.8) is 0 Å². The maximum absolute atomic E-state index is 11.9. The van der Waals surface area contributed by atoms with Crippen LogP contribution >= 0.6 is 18.5 Å². The number of thiazole rings is 1. The third-order valence-corrected chi connectivity index (χ3v) is 7.76. The van der Waals surface area contributed by atoms with Crippen molar-refractivity contribution in [2.75, 3.05) is 31.4 Å². The van der Waals surface area contributed by atoms with E-state index in [0.29, 0.717) is 11.3 Å². The molecule has 0 unspecified atom stereocenters. The fourth-order valence-corrected chi connectivity index (χ4v) is 5.22. The van der Waals surface area contributed by atoms with E-state index >= 15 is 0 Å². The number of benzene rings is 3. The van der Waals surface area contributed by atoms with Gasteiger partial charge in [0.05, 0.1) is 7.14 Å². The highest BCUT2D eigenvalue weighted by atomic mass is 32.1. The van der Waals surface area contributed by atoms with Crippen LogP contribution < -0.4 is 5.32 Å². The number of oxime groups is 1. The van der Waals surface area contributed by atoms with Crippen molar-refractivity contribution in [1.29, 1.82) is 0 Å². The Morgan fingerprint density at radius 2 is 1.43 bits per heavy atom. The van der Waals surface area contributed by atoms with Crippen LogP contribution in [-0.2, 0) is 19.7 Å². The Bertz CT molecular complexity index is 1310. The molecule has 0 saturated heterocycles. The standard InChI is InChI=1S/C28H28N3O4PS/c1-36(2,34)19-18-35-31-25(26(32)33)24-20-37-27(29-24)30-28(21-12-6-3-7-13-21,22-14-8-4-9-15-22)23-16-10-5-11-17-23/h3-17,20H,18-19H2,1-2H3,(H,29,30)(H,32,33)/b31-25-. The molecule has 7 nitrogen and oxygen atoms in total. The maximum atomic E-state index is 11.9. The average Bonchev–Trinajstić information content (AvgIpc) is 3.36. The molecule has 0 atom stereocenters. The van der Waals surface area contributed by atoms with Gasteiger partial charge in [0, 0.05) is 11.5 Å². The predicted molar refractivity (Wildman–Crippen MR) is 149 cm³/mol. The van der Waals surface area contributed by atoms with Gasteiger partial charge >= 0.3 is 5.97 Å². The van der Waals surface area contributed by atoms with Crippen molar-refractivity contribution in [2.45, 2.75) is 5.54 Å². The molecule has 190 valence electrons. The molecule has 1 heterocycles. The van der Waals surface area contributed by atoms with Gasteiger partial charge in [-0.25, -0.2) is 9.78 Å². The Balaban J connectivity index is 1.75. The summed E-state index contributed by atoms with van der Waals surface area (Å²) in [5.41, 5.74) is 2.09. The van der Waals surface area contributed by atoms with Gasteiger partial charge in [0.1, 0.15) is 17.8 Å². The van der Waals surface area contributed by atoms with Crippen molar-refractivity contribution in [3.05, 3.63) is 119 Å². The van der Waals surface area contributed by atoms with Gasteiger partial charge in [0.2, 0.25) is 5.71 Å². The van der Waals surface area contributed by atoms with Crippen LogP contribution in [0.15, 0.2) is 102 Å². The third-order valence-electron chi connectivity index (χ3n) is 5.74. The van der Waals surface area contributed by atoms with Crippen molar-refractivity contribution in [2.24, 2.45) is 5.16 Å². The average molecular weight is 534 g/mol. The Labute approximate surface area is 220 Å². The number of carboxylic acid groups (broad SMARTS) is 1. The minimum absolute atomic E-state index is 0.0649. The van der Waals surface area contributed by atoms with Gasteiger partial charge in [-0.15, -0.1) is 11.3 Å². The molecule has 0 spiro atoms. The van der Waals surface area contributed by atoms with Crippen LogP contribution in [0.5, 0.6) is 0 Å². The van der Waals surface area contributed by atoms with Crippen LogP contribution in [0, 0.1) is 0 Å². The van der Waals surface area contributed by atoms with Crippen LogP contribution in [0.4, 0.5) is 5.13 Å². The molecule has 0 aliphatic rings. The van der Waals surface area contributed by atoms with E-state index in [2.05, 4.69) is 51.9 Å². The van der Waals surface area contributed by atoms with E-state index in [0.717, 1.165) is 16.7 Å². The number of aliphatic carboxylic acids is 1. The first kappa shape index (κ1) is 26.3. The first-order valence-electron chi connectivity index (χ1n) is 11.7. The molecule has 37 heavy (non-hydrogen) atoms. The number of hydrogen-bond donors (Lipinski definition) is 2. The van der Waals surface area contributed by atoms with Gasteiger partial charge in [-0.05, 0) is 30.0 Å².